The van der Waals surface area contributed by atoms with Crippen molar-refractivity contribution in [1.82, 2.24) is 4.90 Å². The normalized spacial score (nSPS) is 15.2. The van der Waals surface area contributed by atoms with Crippen molar-refractivity contribution in [3.63, 3.8) is 0 Å². The van der Waals surface area contributed by atoms with E-state index in [1.165, 1.54) is 0 Å². The number of carbonyl (C=O) groups excluding carboxylic acids is 1. The van der Waals surface area contributed by atoms with E-state index in [-0.39, 0.29) is 24.7 Å². The maximum atomic E-state index is 12.6. The van der Waals surface area contributed by atoms with Gasteiger partial charge in [0.25, 0.3) is 0 Å². The summed E-state index contributed by atoms with van der Waals surface area (Å²) >= 11 is 12.0. The van der Waals surface area contributed by atoms with Crippen LogP contribution in [0.1, 0.15) is 29.5 Å². The molecular weight excluding hydrogens is 449 g/mol. The summed E-state index contributed by atoms with van der Waals surface area (Å²) in [5.74, 6) is 0.616. The van der Waals surface area contributed by atoms with Crippen molar-refractivity contribution in [2.24, 2.45) is 0 Å². The van der Waals surface area contributed by atoms with Crippen molar-refractivity contribution in [2.75, 3.05) is 20.1 Å². The highest BCUT2D eigenvalue weighted by Crippen LogP contribution is 2.29. The lowest BCUT2D eigenvalue weighted by Crippen LogP contribution is -2.35. The molecule has 7 heteroatoms. The van der Waals surface area contributed by atoms with Gasteiger partial charge in [0.2, 0.25) is 0 Å². The topological polar surface area (TPSA) is 59.8 Å². The summed E-state index contributed by atoms with van der Waals surface area (Å²) in [6, 6.07) is 10.5. The molecule has 0 N–H and O–H groups in total. The molecule has 1 aliphatic rings. The third-order valence-electron chi connectivity index (χ3n) is 5.84. The van der Waals surface area contributed by atoms with Gasteiger partial charge in [-0.2, -0.15) is 0 Å². The molecule has 0 atom stereocenters. The Bertz CT molecular complexity index is 1190. The van der Waals surface area contributed by atoms with Gasteiger partial charge in [-0.25, -0.2) is 4.79 Å². The molecule has 3 aromatic rings. The van der Waals surface area contributed by atoms with Crippen LogP contribution in [0.15, 0.2) is 45.6 Å². The Hall–Kier alpha value is -2.34. The van der Waals surface area contributed by atoms with Crippen LogP contribution < -0.4 is 10.4 Å². The van der Waals surface area contributed by atoms with Gasteiger partial charge in [-0.1, -0.05) is 23.2 Å². The second-order valence-corrected chi connectivity index (χ2v) is 9.33. The fourth-order valence-corrected chi connectivity index (χ4v) is 4.67. The monoisotopic (exact) mass is 473 g/mol. The predicted octanol–water partition coefficient (Wildman–Crippen LogP) is 5.24. The quantitative estimate of drug-likeness (QED) is 0.458. The van der Waals surface area contributed by atoms with Gasteiger partial charge in [0.05, 0.1) is 0 Å². The maximum Gasteiger partial charge on any atom is 0.339 e. The Balaban J connectivity index is 1.52. The number of piperidine rings is 1. The van der Waals surface area contributed by atoms with Gasteiger partial charge in [-0.05, 0) is 68.8 Å². The Morgan fingerprint density at radius 1 is 1.09 bits per heavy atom. The molecule has 1 saturated heterocycles. The van der Waals surface area contributed by atoms with Crippen LogP contribution in [0.3, 0.4) is 0 Å². The number of carbonyl (C=O) groups is 1. The Morgan fingerprint density at radius 2 is 1.78 bits per heavy atom. The van der Waals surface area contributed by atoms with E-state index in [1.807, 2.05) is 19.1 Å². The zero-order valence-electron chi connectivity index (χ0n) is 18.1. The maximum absolute atomic E-state index is 12.6. The van der Waals surface area contributed by atoms with E-state index >= 15 is 0 Å². The molecule has 0 saturated carbocycles. The first-order chi connectivity index (χ1) is 15.3. The number of Topliss-reactive ketones (excluding diaryl/α,β-unsaturated/α-hetero) is 1. The number of aryl methyl sites for hydroxylation is 1. The average Bonchev–Trinajstić information content (AvgIpc) is 2.72. The molecule has 0 radical (unpaired) electrons. The van der Waals surface area contributed by atoms with Gasteiger partial charge in [0.15, 0.2) is 0 Å². The number of ketones is 1. The number of nitrogens with zero attached hydrogens (tertiary/aromatic N) is 1. The van der Waals surface area contributed by atoms with Crippen LogP contribution in [-0.2, 0) is 17.6 Å². The highest BCUT2D eigenvalue weighted by molar-refractivity contribution is 6.34. The summed E-state index contributed by atoms with van der Waals surface area (Å²) in [6.45, 7) is 3.90. The van der Waals surface area contributed by atoms with E-state index in [2.05, 4.69) is 11.9 Å². The van der Waals surface area contributed by atoms with E-state index in [1.54, 1.807) is 24.3 Å². The second kappa shape index (κ2) is 9.65. The molecule has 1 aromatic heterocycles. The molecule has 4 rings (SSSR count). The number of benzene rings is 2. The van der Waals surface area contributed by atoms with Crippen LogP contribution in [0.2, 0.25) is 10.0 Å². The number of halogens is 2. The smallest absolute Gasteiger partial charge is 0.339 e. The minimum atomic E-state index is -0.505. The summed E-state index contributed by atoms with van der Waals surface area (Å²) in [4.78, 5) is 27.5. The lowest BCUT2D eigenvalue weighted by atomic mass is 10.0. The Labute approximate surface area is 196 Å². The molecule has 0 amide bonds. The first-order valence-electron chi connectivity index (χ1n) is 10.7. The van der Waals surface area contributed by atoms with E-state index in [4.69, 9.17) is 32.4 Å². The highest BCUT2D eigenvalue weighted by Gasteiger charge is 2.20. The van der Waals surface area contributed by atoms with Crippen molar-refractivity contribution in [3.8, 4) is 5.75 Å². The summed E-state index contributed by atoms with van der Waals surface area (Å²) in [5, 5.41) is 1.71. The van der Waals surface area contributed by atoms with Gasteiger partial charge in [-0.15, -0.1) is 0 Å². The minimum absolute atomic E-state index is 0.0186. The molecule has 2 aromatic carbocycles. The number of likely N-dealkylation sites (tertiary alicyclic amines) is 1. The van der Waals surface area contributed by atoms with E-state index in [0.717, 1.165) is 42.6 Å². The van der Waals surface area contributed by atoms with Gasteiger partial charge < -0.3 is 14.1 Å². The van der Waals surface area contributed by atoms with Crippen molar-refractivity contribution in [2.45, 2.75) is 38.7 Å². The number of hydrogen-bond acceptors (Lipinski definition) is 5. The average molecular weight is 474 g/mol. The SMILES string of the molecule is Cc1c(OC2CCN(C)CC2)ccc2cc(CC(=O)Cc3cc(Cl)cc(Cl)c3)c(=O)oc12. The lowest BCUT2D eigenvalue weighted by molar-refractivity contribution is -0.117. The summed E-state index contributed by atoms with van der Waals surface area (Å²) in [5.41, 5.74) is 1.83. The van der Waals surface area contributed by atoms with Gasteiger partial charge in [0, 0.05) is 52.5 Å². The van der Waals surface area contributed by atoms with Crippen LogP contribution >= 0.6 is 23.2 Å². The third kappa shape index (κ3) is 5.34. The fourth-order valence-electron chi connectivity index (χ4n) is 4.10. The molecule has 32 heavy (non-hydrogen) atoms. The zero-order valence-corrected chi connectivity index (χ0v) is 19.6. The molecule has 168 valence electrons. The number of ether oxygens (including phenoxy) is 1. The van der Waals surface area contributed by atoms with Crippen LogP contribution in [-0.4, -0.2) is 36.9 Å². The second-order valence-electron chi connectivity index (χ2n) is 8.46. The molecule has 0 bridgehead atoms. The molecular formula is C25H25Cl2NO4. The summed E-state index contributed by atoms with van der Waals surface area (Å²) in [7, 11) is 2.11. The number of fused-ring (bicyclic) bond motifs is 1. The van der Waals surface area contributed by atoms with E-state index in [0.29, 0.717) is 26.8 Å². The van der Waals surface area contributed by atoms with Crippen LogP contribution in [0.4, 0.5) is 0 Å². The minimum Gasteiger partial charge on any atom is -0.490 e. The molecule has 1 fully saturated rings. The standard InChI is InChI=1S/C25H25Cl2NO4/c1-15-23(31-22-5-7-28(2)8-6-22)4-3-17-12-18(25(30)32-24(15)17)13-21(29)11-16-9-19(26)14-20(27)10-16/h3-4,9-10,12,14,22H,5-8,11,13H2,1-2H3. The van der Waals surface area contributed by atoms with Gasteiger partial charge in [-0.3, -0.25) is 4.79 Å². The zero-order chi connectivity index (χ0) is 22.8. The largest absolute Gasteiger partial charge is 0.490 e. The molecule has 0 aliphatic carbocycles. The number of rotatable bonds is 6. The Kier molecular flexibility index (Phi) is 6.89. The van der Waals surface area contributed by atoms with Crippen LogP contribution in [0.25, 0.3) is 11.0 Å². The van der Waals surface area contributed by atoms with Crippen molar-refractivity contribution in [3.05, 3.63) is 73.6 Å². The molecule has 0 spiro atoms. The lowest BCUT2D eigenvalue weighted by Gasteiger charge is -2.29. The van der Waals surface area contributed by atoms with E-state index in [9.17, 15) is 9.59 Å². The number of hydrogen-bond donors (Lipinski definition) is 0. The summed E-state index contributed by atoms with van der Waals surface area (Å²) < 4.78 is 11.8. The van der Waals surface area contributed by atoms with Crippen LogP contribution in [0, 0.1) is 6.92 Å². The van der Waals surface area contributed by atoms with Crippen molar-refractivity contribution in [1.29, 1.82) is 0 Å². The highest BCUT2D eigenvalue weighted by atomic mass is 35.5. The van der Waals surface area contributed by atoms with Gasteiger partial charge in [0.1, 0.15) is 23.2 Å². The van der Waals surface area contributed by atoms with Crippen LogP contribution in [0.5, 0.6) is 5.75 Å². The first kappa shape index (κ1) is 22.8. The molecule has 2 heterocycles. The predicted molar refractivity (Wildman–Crippen MR) is 127 cm³/mol. The Morgan fingerprint density at radius 3 is 2.47 bits per heavy atom. The molecule has 5 nitrogen and oxygen atoms in total. The molecule has 1 aliphatic heterocycles. The van der Waals surface area contributed by atoms with Crippen molar-refractivity contribution < 1.29 is 13.9 Å². The van der Waals surface area contributed by atoms with E-state index < -0.39 is 5.63 Å². The van der Waals surface area contributed by atoms with Crippen molar-refractivity contribution >= 4 is 40.0 Å². The van der Waals surface area contributed by atoms with Gasteiger partial charge >= 0.3 is 5.63 Å². The third-order valence-corrected chi connectivity index (χ3v) is 6.28. The first-order valence-corrected chi connectivity index (χ1v) is 11.4. The molecule has 0 unspecified atom stereocenters. The fraction of sp³-hybridized carbons (Fsp3) is 0.360. The summed E-state index contributed by atoms with van der Waals surface area (Å²) in [6.07, 6.45) is 2.22.